The standard InChI is InChI=1S/C9H12N2O3/c1-12-6-4-7(13-2)9(11-10)8(5-6)14-3/h4-5,10H,1-3H3. The fourth-order valence-electron chi connectivity index (χ4n) is 1.10. The van der Waals surface area contributed by atoms with Crippen LogP contribution in [0.25, 0.3) is 0 Å². The van der Waals surface area contributed by atoms with Crippen LogP contribution < -0.4 is 14.2 Å². The molecule has 0 aliphatic rings. The van der Waals surface area contributed by atoms with Gasteiger partial charge < -0.3 is 14.2 Å². The molecule has 5 heteroatoms. The number of hydrogen-bond acceptors (Lipinski definition) is 5. The van der Waals surface area contributed by atoms with Crippen LogP contribution in [0.3, 0.4) is 0 Å². The Labute approximate surface area is 82.1 Å². The van der Waals surface area contributed by atoms with Crippen LogP contribution in [0, 0.1) is 5.53 Å². The second-order valence-corrected chi connectivity index (χ2v) is 2.49. The topological polar surface area (TPSA) is 63.9 Å². The van der Waals surface area contributed by atoms with Crippen molar-refractivity contribution in [1.82, 2.24) is 0 Å². The summed E-state index contributed by atoms with van der Waals surface area (Å²) >= 11 is 0. The van der Waals surface area contributed by atoms with Gasteiger partial charge in [0.05, 0.1) is 21.3 Å². The predicted octanol–water partition coefficient (Wildman–Crippen LogP) is 2.37. The van der Waals surface area contributed by atoms with Crippen molar-refractivity contribution in [3.05, 3.63) is 12.1 Å². The van der Waals surface area contributed by atoms with E-state index in [0.29, 0.717) is 22.9 Å². The summed E-state index contributed by atoms with van der Waals surface area (Å²) in [5.74, 6) is 1.51. The molecular weight excluding hydrogens is 184 g/mol. The van der Waals surface area contributed by atoms with Gasteiger partial charge in [-0.2, -0.15) is 5.11 Å². The van der Waals surface area contributed by atoms with Crippen LogP contribution in [0.4, 0.5) is 5.69 Å². The normalized spacial score (nSPS) is 9.36. The lowest BCUT2D eigenvalue weighted by atomic mass is 10.2. The van der Waals surface area contributed by atoms with E-state index >= 15 is 0 Å². The first-order valence-corrected chi connectivity index (χ1v) is 3.94. The summed E-state index contributed by atoms with van der Waals surface area (Å²) in [6.07, 6.45) is 0. The smallest absolute Gasteiger partial charge is 0.169 e. The Bertz CT molecular complexity index is 314. The third kappa shape index (κ3) is 1.76. The van der Waals surface area contributed by atoms with Crippen molar-refractivity contribution in [2.24, 2.45) is 5.11 Å². The molecule has 14 heavy (non-hydrogen) atoms. The van der Waals surface area contributed by atoms with Gasteiger partial charge in [0, 0.05) is 12.1 Å². The van der Waals surface area contributed by atoms with Crippen LogP contribution in [0.1, 0.15) is 0 Å². The van der Waals surface area contributed by atoms with E-state index in [0.717, 1.165) is 0 Å². The fraction of sp³-hybridized carbons (Fsp3) is 0.333. The van der Waals surface area contributed by atoms with Crippen molar-refractivity contribution < 1.29 is 14.2 Å². The molecule has 0 spiro atoms. The van der Waals surface area contributed by atoms with Gasteiger partial charge in [-0.3, -0.25) is 0 Å². The lowest BCUT2D eigenvalue weighted by molar-refractivity contribution is 0.376. The summed E-state index contributed by atoms with van der Waals surface area (Å²) in [7, 11) is 4.55. The predicted molar refractivity (Wildman–Crippen MR) is 50.9 cm³/mol. The molecular formula is C9H12N2O3. The monoisotopic (exact) mass is 196 g/mol. The second kappa shape index (κ2) is 4.45. The molecule has 0 bridgehead atoms. The maximum Gasteiger partial charge on any atom is 0.169 e. The van der Waals surface area contributed by atoms with Gasteiger partial charge in [-0.25, -0.2) is 5.53 Å². The first-order chi connectivity index (χ1) is 6.76. The maximum atomic E-state index is 6.98. The minimum Gasteiger partial charge on any atom is -0.496 e. The second-order valence-electron chi connectivity index (χ2n) is 2.49. The molecule has 0 amide bonds. The fourth-order valence-corrected chi connectivity index (χ4v) is 1.10. The zero-order chi connectivity index (χ0) is 10.6. The van der Waals surface area contributed by atoms with E-state index in [-0.39, 0.29) is 0 Å². The van der Waals surface area contributed by atoms with Gasteiger partial charge in [0.2, 0.25) is 0 Å². The third-order valence-electron chi connectivity index (χ3n) is 1.80. The lowest BCUT2D eigenvalue weighted by Gasteiger charge is -2.10. The van der Waals surface area contributed by atoms with Gasteiger partial charge in [-0.05, 0) is 0 Å². The van der Waals surface area contributed by atoms with Gasteiger partial charge in [0.1, 0.15) is 5.75 Å². The Morgan fingerprint density at radius 3 is 1.79 bits per heavy atom. The molecule has 0 radical (unpaired) electrons. The Morgan fingerprint density at radius 1 is 1.00 bits per heavy atom. The Hall–Kier alpha value is -1.78. The van der Waals surface area contributed by atoms with Crippen molar-refractivity contribution in [2.75, 3.05) is 21.3 Å². The van der Waals surface area contributed by atoms with Gasteiger partial charge in [0.15, 0.2) is 17.2 Å². The van der Waals surface area contributed by atoms with E-state index in [1.54, 1.807) is 19.2 Å². The first kappa shape index (κ1) is 10.3. The highest BCUT2D eigenvalue weighted by Crippen LogP contribution is 2.40. The molecule has 1 aromatic carbocycles. The highest BCUT2D eigenvalue weighted by molar-refractivity contribution is 5.64. The van der Waals surface area contributed by atoms with Gasteiger partial charge in [0.25, 0.3) is 0 Å². The number of rotatable bonds is 4. The number of nitrogens with zero attached hydrogens (tertiary/aromatic N) is 1. The molecule has 1 rings (SSSR count). The van der Waals surface area contributed by atoms with E-state index in [1.807, 2.05) is 0 Å². The lowest BCUT2D eigenvalue weighted by Crippen LogP contribution is -1.91. The van der Waals surface area contributed by atoms with Gasteiger partial charge >= 0.3 is 0 Å². The van der Waals surface area contributed by atoms with E-state index in [2.05, 4.69) is 5.11 Å². The number of nitrogens with one attached hydrogen (secondary N) is 1. The highest BCUT2D eigenvalue weighted by Gasteiger charge is 2.11. The van der Waals surface area contributed by atoms with Crippen LogP contribution in [0.5, 0.6) is 17.2 Å². The summed E-state index contributed by atoms with van der Waals surface area (Å²) in [5.41, 5.74) is 7.34. The average molecular weight is 196 g/mol. The molecule has 0 heterocycles. The molecule has 1 aromatic rings. The average Bonchev–Trinajstić information content (AvgIpc) is 2.26. The third-order valence-corrected chi connectivity index (χ3v) is 1.80. The van der Waals surface area contributed by atoms with Gasteiger partial charge in [-0.15, -0.1) is 0 Å². The summed E-state index contributed by atoms with van der Waals surface area (Å²) in [5, 5.41) is 3.33. The first-order valence-electron chi connectivity index (χ1n) is 3.94. The van der Waals surface area contributed by atoms with Crippen molar-refractivity contribution >= 4 is 5.69 Å². The maximum absolute atomic E-state index is 6.98. The van der Waals surface area contributed by atoms with Crippen molar-refractivity contribution in [1.29, 1.82) is 5.53 Å². The quantitative estimate of drug-likeness (QED) is 0.752. The van der Waals surface area contributed by atoms with E-state index < -0.39 is 0 Å². The van der Waals surface area contributed by atoms with E-state index in [9.17, 15) is 0 Å². The number of hydrogen-bond donors (Lipinski definition) is 1. The molecule has 1 N–H and O–H groups in total. The van der Waals surface area contributed by atoms with Crippen molar-refractivity contribution in [3.8, 4) is 17.2 Å². The molecule has 0 aromatic heterocycles. The van der Waals surface area contributed by atoms with Crippen LogP contribution in [-0.2, 0) is 0 Å². The minimum atomic E-state index is 0.357. The van der Waals surface area contributed by atoms with Crippen LogP contribution >= 0.6 is 0 Å². The molecule has 0 aliphatic carbocycles. The van der Waals surface area contributed by atoms with E-state index in [4.69, 9.17) is 19.7 Å². The van der Waals surface area contributed by atoms with Crippen LogP contribution in [-0.4, -0.2) is 21.3 Å². The summed E-state index contributed by atoms with van der Waals surface area (Å²) in [4.78, 5) is 0. The summed E-state index contributed by atoms with van der Waals surface area (Å²) < 4.78 is 15.1. The van der Waals surface area contributed by atoms with Gasteiger partial charge in [-0.1, -0.05) is 0 Å². The molecule has 0 atom stereocenters. The molecule has 0 unspecified atom stereocenters. The Kier molecular flexibility index (Phi) is 3.28. The molecule has 0 saturated heterocycles. The van der Waals surface area contributed by atoms with Crippen molar-refractivity contribution in [2.45, 2.75) is 0 Å². The summed E-state index contributed by atoms with van der Waals surface area (Å²) in [6, 6.07) is 3.30. The SMILES string of the molecule is COc1cc(OC)c(N=N)c(OC)c1. The Morgan fingerprint density at radius 2 is 1.50 bits per heavy atom. The minimum absolute atomic E-state index is 0.357. The zero-order valence-electron chi connectivity index (χ0n) is 8.33. The summed E-state index contributed by atoms with van der Waals surface area (Å²) in [6.45, 7) is 0. The van der Waals surface area contributed by atoms with Crippen LogP contribution in [0.2, 0.25) is 0 Å². The molecule has 76 valence electrons. The number of methoxy groups -OCH3 is 3. The van der Waals surface area contributed by atoms with Crippen LogP contribution in [0.15, 0.2) is 17.2 Å². The van der Waals surface area contributed by atoms with Crippen molar-refractivity contribution in [3.63, 3.8) is 0 Å². The molecule has 0 aliphatic heterocycles. The highest BCUT2D eigenvalue weighted by atomic mass is 16.5. The zero-order valence-corrected chi connectivity index (χ0v) is 8.33. The number of benzene rings is 1. The molecule has 0 saturated carbocycles. The molecule has 0 fully saturated rings. The molecule has 5 nitrogen and oxygen atoms in total. The number of ether oxygens (including phenoxy) is 3. The largest absolute Gasteiger partial charge is 0.496 e. The van der Waals surface area contributed by atoms with E-state index in [1.165, 1.54) is 14.2 Å². The Balaban J connectivity index is 3.31.